The molecule has 6 heteroatoms. The Bertz CT molecular complexity index is 700. The number of rotatable bonds is 3. The summed E-state index contributed by atoms with van der Waals surface area (Å²) in [4.78, 5) is 15.9. The fourth-order valence-corrected chi connectivity index (χ4v) is 2.71. The number of fused-ring (bicyclic) bond motifs is 1. The van der Waals surface area contributed by atoms with E-state index >= 15 is 0 Å². The van der Waals surface area contributed by atoms with Crippen molar-refractivity contribution in [2.75, 3.05) is 0 Å². The summed E-state index contributed by atoms with van der Waals surface area (Å²) in [7, 11) is 0. The minimum Gasteiger partial charge on any atom is -0.348 e. The SMILES string of the molecule is N#Cc1ncn(CC(=O)N[C@H]2CCCc3ccccc32)n1. The van der Waals surface area contributed by atoms with Crippen molar-refractivity contribution in [2.24, 2.45) is 0 Å². The number of benzene rings is 1. The van der Waals surface area contributed by atoms with Crippen molar-refractivity contribution in [1.82, 2.24) is 20.1 Å². The van der Waals surface area contributed by atoms with Gasteiger partial charge in [-0.2, -0.15) is 5.26 Å². The Balaban J connectivity index is 1.67. The van der Waals surface area contributed by atoms with Crippen molar-refractivity contribution in [3.05, 3.63) is 47.5 Å². The molecule has 1 heterocycles. The van der Waals surface area contributed by atoms with Crippen LogP contribution in [0.15, 0.2) is 30.6 Å². The first kappa shape index (κ1) is 13.3. The first-order chi connectivity index (χ1) is 10.3. The highest BCUT2D eigenvalue weighted by molar-refractivity contribution is 5.76. The third-order valence-electron chi connectivity index (χ3n) is 3.65. The summed E-state index contributed by atoms with van der Waals surface area (Å²) in [5.74, 6) is -0.0445. The minimum absolute atomic E-state index is 0.0569. The largest absolute Gasteiger partial charge is 0.348 e. The third kappa shape index (κ3) is 2.92. The first-order valence-electron chi connectivity index (χ1n) is 6.93. The topological polar surface area (TPSA) is 83.6 Å². The van der Waals surface area contributed by atoms with E-state index in [0.717, 1.165) is 19.3 Å². The van der Waals surface area contributed by atoms with Crippen LogP contribution in [0.1, 0.15) is 35.8 Å². The summed E-state index contributed by atoms with van der Waals surface area (Å²) in [6.45, 7) is 0.0767. The van der Waals surface area contributed by atoms with Gasteiger partial charge in [-0.1, -0.05) is 24.3 Å². The number of nitrogens with one attached hydrogen (secondary N) is 1. The molecule has 1 amide bonds. The van der Waals surface area contributed by atoms with Gasteiger partial charge < -0.3 is 5.32 Å². The van der Waals surface area contributed by atoms with Gasteiger partial charge >= 0.3 is 0 Å². The molecule has 6 nitrogen and oxygen atoms in total. The highest BCUT2D eigenvalue weighted by Crippen LogP contribution is 2.29. The zero-order valence-electron chi connectivity index (χ0n) is 11.5. The zero-order chi connectivity index (χ0) is 14.7. The van der Waals surface area contributed by atoms with Crippen LogP contribution < -0.4 is 5.32 Å². The van der Waals surface area contributed by atoms with Crippen molar-refractivity contribution in [3.8, 4) is 6.07 Å². The maximum absolute atomic E-state index is 12.1. The van der Waals surface area contributed by atoms with E-state index in [1.807, 2.05) is 18.2 Å². The number of nitrogens with zero attached hydrogens (tertiary/aromatic N) is 4. The second-order valence-corrected chi connectivity index (χ2v) is 5.09. The van der Waals surface area contributed by atoms with E-state index in [9.17, 15) is 4.79 Å². The Morgan fingerprint density at radius 2 is 2.33 bits per heavy atom. The highest BCUT2D eigenvalue weighted by atomic mass is 16.2. The fourth-order valence-electron chi connectivity index (χ4n) is 2.71. The summed E-state index contributed by atoms with van der Waals surface area (Å²) in [6.07, 6.45) is 4.48. The summed E-state index contributed by atoms with van der Waals surface area (Å²) >= 11 is 0. The lowest BCUT2D eigenvalue weighted by atomic mass is 9.88. The van der Waals surface area contributed by atoms with Crippen LogP contribution in [0.2, 0.25) is 0 Å². The lowest BCUT2D eigenvalue weighted by Crippen LogP contribution is -2.33. The van der Waals surface area contributed by atoms with Crippen molar-refractivity contribution < 1.29 is 4.79 Å². The molecule has 3 rings (SSSR count). The predicted molar refractivity (Wildman–Crippen MR) is 75.0 cm³/mol. The molecule has 0 saturated heterocycles. The molecule has 0 saturated carbocycles. The lowest BCUT2D eigenvalue weighted by Gasteiger charge is -2.26. The van der Waals surface area contributed by atoms with Gasteiger partial charge in [0.25, 0.3) is 5.82 Å². The van der Waals surface area contributed by atoms with E-state index in [-0.39, 0.29) is 24.3 Å². The smallest absolute Gasteiger partial charge is 0.252 e. The van der Waals surface area contributed by atoms with Gasteiger partial charge in [-0.15, -0.1) is 5.10 Å². The van der Waals surface area contributed by atoms with Gasteiger partial charge in [-0.25, -0.2) is 9.67 Å². The molecule has 0 bridgehead atoms. The lowest BCUT2D eigenvalue weighted by molar-refractivity contribution is -0.122. The molecule has 1 aliphatic carbocycles. The first-order valence-corrected chi connectivity index (χ1v) is 6.93. The Labute approximate surface area is 122 Å². The van der Waals surface area contributed by atoms with Gasteiger partial charge in [0.15, 0.2) is 0 Å². The Morgan fingerprint density at radius 3 is 3.14 bits per heavy atom. The van der Waals surface area contributed by atoms with E-state index in [0.29, 0.717) is 0 Å². The van der Waals surface area contributed by atoms with Gasteiger partial charge in [-0.05, 0) is 30.4 Å². The molecule has 0 radical (unpaired) electrons. The zero-order valence-corrected chi connectivity index (χ0v) is 11.5. The van der Waals surface area contributed by atoms with E-state index in [1.54, 1.807) is 0 Å². The minimum atomic E-state index is -0.119. The van der Waals surface area contributed by atoms with E-state index in [1.165, 1.54) is 22.1 Å². The maximum Gasteiger partial charge on any atom is 0.252 e. The highest BCUT2D eigenvalue weighted by Gasteiger charge is 2.21. The summed E-state index contributed by atoms with van der Waals surface area (Å²) in [5, 5.41) is 15.6. The number of aromatic nitrogens is 3. The average Bonchev–Trinajstić information content (AvgIpc) is 2.95. The fraction of sp³-hybridized carbons (Fsp3) is 0.333. The number of carbonyl (C=O) groups is 1. The molecule has 106 valence electrons. The van der Waals surface area contributed by atoms with Gasteiger partial charge in [0, 0.05) is 0 Å². The van der Waals surface area contributed by atoms with Crippen LogP contribution in [0.3, 0.4) is 0 Å². The molecule has 1 aromatic carbocycles. The number of nitriles is 1. The molecule has 1 atom stereocenters. The molecule has 1 N–H and O–H groups in total. The molecular weight excluding hydrogens is 266 g/mol. The number of carbonyl (C=O) groups excluding carboxylic acids is 1. The normalized spacial score (nSPS) is 16.8. The van der Waals surface area contributed by atoms with Crippen molar-refractivity contribution in [3.63, 3.8) is 0 Å². The average molecular weight is 281 g/mol. The summed E-state index contributed by atoms with van der Waals surface area (Å²) < 4.78 is 1.38. The number of aryl methyl sites for hydroxylation is 1. The van der Waals surface area contributed by atoms with Gasteiger partial charge in [0.05, 0.1) is 6.04 Å². The third-order valence-corrected chi connectivity index (χ3v) is 3.65. The number of hydrogen-bond donors (Lipinski definition) is 1. The molecule has 21 heavy (non-hydrogen) atoms. The molecule has 1 aliphatic rings. The van der Waals surface area contributed by atoms with E-state index in [2.05, 4.69) is 27.5 Å². The molecule has 0 unspecified atom stereocenters. The predicted octanol–water partition coefficient (Wildman–Crippen LogP) is 1.34. The standard InChI is InChI=1S/C15H15N5O/c16-8-14-17-10-20(19-14)9-15(21)18-13-7-3-5-11-4-1-2-6-12(11)13/h1-2,4,6,10,13H,3,5,7,9H2,(H,18,21)/t13-/m0/s1. The number of amides is 1. The van der Waals surface area contributed by atoms with Gasteiger partial charge in [0.1, 0.15) is 18.9 Å². The second kappa shape index (κ2) is 5.75. The number of hydrogen-bond acceptors (Lipinski definition) is 4. The summed E-state index contributed by atoms with van der Waals surface area (Å²) in [5.41, 5.74) is 2.51. The van der Waals surface area contributed by atoms with Crippen molar-refractivity contribution >= 4 is 5.91 Å². The van der Waals surface area contributed by atoms with Crippen LogP contribution in [0.4, 0.5) is 0 Å². The Hall–Kier alpha value is -2.68. The monoisotopic (exact) mass is 281 g/mol. The molecule has 0 fully saturated rings. The van der Waals surface area contributed by atoms with Crippen LogP contribution >= 0.6 is 0 Å². The van der Waals surface area contributed by atoms with Crippen molar-refractivity contribution in [1.29, 1.82) is 5.26 Å². The Morgan fingerprint density at radius 1 is 1.48 bits per heavy atom. The van der Waals surface area contributed by atoms with Gasteiger partial charge in [0.2, 0.25) is 5.91 Å². The molecule has 1 aromatic heterocycles. The van der Waals surface area contributed by atoms with Gasteiger partial charge in [-0.3, -0.25) is 4.79 Å². The Kier molecular flexibility index (Phi) is 3.65. The van der Waals surface area contributed by atoms with E-state index < -0.39 is 0 Å². The second-order valence-electron chi connectivity index (χ2n) is 5.09. The van der Waals surface area contributed by atoms with Crippen LogP contribution in [0, 0.1) is 11.3 Å². The van der Waals surface area contributed by atoms with Crippen LogP contribution in [-0.2, 0) is 17.8 Å². The molecular formula is C15H15N5O. The molecule has 2 aromatic rings. The summed E-state index contributed by atoms with van der Waals surface area (Å²) in [6, 6.07) is 10.1. The van der Waals surface area contributed by atoms with E-state index in [4.69, 9.17) is 5.26 Å². The van der Waals surface area contributed by atoms with Crippen molar-refractivity contribution in [2.45, 2.75) is 31.8 Å². The van der Waals surface area contributed by atoms with Crippen LogP contribution in [0.5, 0.6) is 0 Å². The van der Waals surface area contributed by atoms with Crippen LogP contribution in [0.25, 0.3) is 0 Å². The molecule has 0 spiro atoms. The van der Waals surface area contributed by atoms with Crippen LogP contribution in [-0.4, -0.2) is 20.7 Å². The molecule has 0 aliphatic heterocycles. The quantitative estimate of drug-likeness (QED) is 0.920. The maximum atomic E-state index is 12.1.